The number of carbonyl (C=O) groups excluding carboxylic acids is 1. The monoisotopic (exact) mass is 545 g/mol. The van der Waals surface area contributed by atoms with Crippen LogP contribution in [0.4, 0.5) is 10.1 Å². The lowest BCUT2D eigenvalue weighted by Crippen LogP contribution is -2.24. The van der Waals surface area contributed by atoms with E-state index in [4.69, 9.17) is 0 Å². The van der Waals surface area contributed by atoms with Crippen molar-refractivity contribution in [1.29, 1.82) is 0 Å². The van der Waals surface area contributed by atoms with Crippen LogP contribution in [-0.2, 0) is 11.3 Å². The van der Waals surface area contributed by atoms with Gasteiger partial charge in [-0.05, 0) is 93.2 Å². The summed E-state index contributed by atoms with van der Waals surface area (Å²) in [5.74, 6) is -0.116. The summed E-state index contributed by atoms with van der Waals surface area (Å²) in [4.78, 5) is 16.1. The highest BCUT2D eigenvalue weighted by Crippen LogP contribution is 2.45. The number of halogens is 1. The number of hydrogen-bond acceptors (Lipinski definition) is 4. The molecule has 1 amide bonds. The minimum Gasteiger partial charge on any atom is -0.494 e. The molecule has 1 unspecified atom stereocenters. The van der Waals surface area contributed by atoms with Crippen molar-refractivity contribution in [2.24, 2.45) is 11.3 Å². The molecule has 40 heavy (non-hydrogen) atoms. The van der Waals surface area contributed by atoms with Gasteiger partial charge in [0.1, 0.15) is 5.82 Å². The van der Waals surface area contributed by atoms with E-state index in [9.17, 15) is 19.4 Å². The van der Waals surface area contributed by atoms with Crippen LogP contribution in [0.25, 0.3) is 0 Å². The lowest BCUT2D eigenvalue weighted by molar-refractivity contribution is -0.111. The summed E-state index contributed by atoms with van der Waals surface area (Å²) in [5.41, 5.74) is 5.73. The first kappa shape index (κ1) is 30.7. The highest BCUT2D eigenvalue weighted by Gasteiger charge is 2.31. The van der Waals surface area contributed by atoms with Gasteiger partial charge in [0.25, 0.3) is 6.01 Å². The van der Waals surface area contributed by atoms with Crippen LogP contribution in [0.3, 0.4) is 0 Å². The molecule has 1 aromatic heterocycles. The van der Waals surface area contributed by atoms with Crippen LogP contribution in [0.15, 0.2) is 83.0 Å². The van der Waals surface area contributed by atoms with E-state index < -0.39 is 0 Å². The zero-order valence-corrected chi connectivity index (χ0v) is 24.5. The number of benzene rings is 1. The van der Waals surface area contributed by atoms with E-state index in [-0.39, 0.29) is 29.0 Å². The summed E-state index contributed by atoms with van der Waals surface area (Å²) >= 11 is 0. The maximum Gasteiger partial charge on any atom is 0.296 e. The number of nitrogens with zero attached hydrogens (tertiary/aromatic N) is 2. The van der Waals surface area contributed by atoms with Crippen LogP contribution < -0.4 is 10.9 Å². The van der Waals surface area contributed by atoms with Crippen molar-refractivity contribution in [3.05, 3.63) is 88.8 Å². The molecule has 0 fully saturated rings. The molecule has 1 aliphatic rings. The van der Waals surface area contributed by atoms with Gasteiger partial charge in [0.15, 0.2) is 7.85 Å². The van der Waals surface area contributed by atoms with Crippen molar-refractivity contribution in [3.63, 3.8) is 0 Å². The van der Waals surface area contributed by atoms with Gasteiger partial charge in [-0.1, -0.05) is 55.4 Å². The molecule has 212 valence electrons. The molecule has 1 atom stereocenters. The second-order valence-corrected chi connectivity index (χ2v) is 11.3. The highest BCUT2D eigenvalue weighted by atomic mass is 19.1. The van der Waals surface area contributed by atoms with E-state index in [1.807, 2.05) is 25.2 Å². The fourth-order valence-corrected chi connectivity index (χ4v) is 5.20. The number of rotatable bonds is 10. The fourth-order valence-electron chi connectivity index (χ4n) is 5.20. The number of carbonyl (C=O) groups is 1. The summed E-state index contributed by atoms with van der Waals surface area (Å²) in [7, 11) is 1.68. The third kappa shape index (κ3) is 8.35. The highest BCUT2D eigenvalue weighted by molar-refractivity contribution is 6.32. The average molecular weight is 546 g/mol. The number of aromatic hydroxyl groups is 2. The molecule has 0 bridgehead atoms. The van der Waals surface area contributed by atoms with Gasteiger partial charge in [0.2, 0.25) is 11.8 Å². The Kier molecular flexibility index (Phi) is 10.4. The zero-order chi connectivity index (χ0) is 29.4. The van der Waals surface area contributed by atoms with Gasteiger partial charge in [0, 0.05) is 18.3 Å². The molecule has 0 aliphatic heterocycles. The predicted molar refractivity (Wildman–Crippen MR) is 163 cm³/mol. The molecule has 0 radical (unpaired) electrons. The molecular weight excluding hydrogens is 504 g/mol. The fraction of sp³-hybridized carbons (Fsp3) is 0.375. The van der Waals surface area contributed by atoms with Gasteiger partial charge < -0.3 is 15.5 Å². The van der Waals surface area contributed by atoms with E-state index in [2.05, 4.69) is 50.1 Å². The number of aromatic nitrogens is 2. The van der Waals surface area contributed by atoms with Crippen molar-refractivity contribution in [2.75, 3.05) is 5.32 Å². The van der Waals surface area contributed by atoms with Crippen LogP contribution in [0.2, 0.25) is 0 Å². The normalized spacial score (nSPS) is 18.2. The maximum atomic E-state index is 13.0. The third-order valence-corrected chi connectivity index (χ3v) is 7.61. The summed E-state index contributed by atoms with van der Waals surface area (Å²) in [5, 5.41) is 22.8. The standard InChI is InChI=1S/C32H41BFN3O3/c1-21(8-6-9-22(2)20-28(38)35-26-14-12-25(34)13-15-26)11-16-27-23(3)24(17-18-32(27,4)5)10-7-19-37-30(39)29(33)36-31(37)40/h6,8-9,11-16,20,24,39H,7,10,17-19,33H2,1-5H3,(H,35,38)(H,36,40)/b9-6+,16-11+,21-8+,22-20+. The molecule has 3 N–H and O–H groups in total. The van der Waals surface area contributed by atoms with Gasteiger partial charge in [-0.2, -0.15) is 0 Å². The molecule has 1 heterocycles. The van der Waals surface area contributed by atoms with Crippen molar-refractivity contribution in [1.82, 2.24) is 9.55 Å². The van der Waals surface area contributed by atoms with Crippen molar-refractivity contribution in [2.45, 2.75) is 66.8 Å². The Morgan fingerprint density at radius 3 is 2.55 bits per heavy atom. The summed E-state index contributed by atoms with van der Waals surface area (Å²) in [6.07, 6.45) is 15.7. The Balaban J connectivity index is 1.61. The summed E-state index contributed by atoms with van der Waals surface area (Å²) < 4.78 is 14.5. The molecule has 6 nitrogen and oxygen atoms in total. The zero-order valence-electron chi connectivity index (χ0n) is 24.5. The maximum absolute atomic E-state index is 13.0. The van der Waals surface area contributed by atoms with Crippen LogP contribution in [0.5, 0.6) is 11.9 Å². The Morgan fingerprint density at radius 2 is 1.90 bits per heavy atom. The molecule has 0 saturated heterocycles. The van der Waals surface area contributed by atoms with E-state index in [0.29, 0.717) is 23.7 Å². The summed E-state index contributed by atoms with van der Waals surface area (Å²) in [6, 6.07) is 5.53. The number of amides is 1. The van der Waals surface area contributed by atoms with Crippen LogP contribution in [0, 0.1) is 17.2 Å². The number of hydrogen-bond donors (Lipinski definition) is 3. The molecule has 2 aromatic rings. The average Bonchev–Trinajstić information content (AvgIpc) is 3.12. The third-order valence-electron chi connectivity index (χ3n) is 7.61. The van der Waals surface area contributed by atoms with Crippen LogP contribution >= 0.6 is 0 Å². The van der Waals surface area contributed by atoms with E-state index in [1.165, 1.54) is 46.1 Å². The van der Waals surface area contributed by atoms with Gasteiger partial charge in [-0.15, -0.1) is 0 Å². The lowest BCUT2D eigenvalue weighted by Gasteiger charge is -2.37. The molecule has 1 aromatic carbocycles. The molecule has 3 rings (SSSR count). The SMILES string of the molecule is Bc1nc(O)n(CCCC2CCC(C)(C)C(/C=C/C(C)=C/C=C/C(C)=C/C(=O)Nc3ccc(F)cc3)=C2C)c1O. The minimum absolute atomic E-state index is 0.0356. The topological polar surface area (TPSA) is 87.4 Å². The predicted octanol–water partition coefficient (Wildman–Crippen LogP) is 5.87. The quantitative estimate of drug-likeness (QED) is 0.198. The Hall–Kier alpha value is -3.81. The first-order valence-corrected chi connectivity index (χ1v) is 13.8. The van der Waals surface area contributed by atoms with Crippen molar-refractivity contribution < 1.29 is 19.4 Å². The van der Waals surface area contributed by atoms with Gasteiger partial charge >= 0.3 is 0 Å². The molecule has 8 heteroatoms. The molecule has 0 saturated carbocycles. The van der Waals surface area contributed by atoms with Crippen LogP contribution in [0.1, 0.15) is 60.3 Å². The first-order valence-electron chi connectivity index (χ1n) is 13.8. The molecular formula is C32H41BFN3O3. The van der Waals surface area contributed by atoms with Gasteiger partial charge in [-0.3, -0.25) is 9.36 Å². The van der Waals surface area contributed by atoms with Gasteiger partial charge in [-0.25, -0.2) is 9.37 Å². The van der Waals surface area contributed by atoms with E-state index in [1.54, 1.807) is 7.85 Å². The Labute approximate surface area is 238 Å². The van der Waals surface area contributed by atoms with Crippen molar-refractivity contribution >= 4 is 25.0 Å². The van der Waals surface area contributed by atoms with Crippen molar-refractivity contribution in [3.8, 4) is 11.9 Å². The lowest BCUT2D eigenvalue weighted by atomic mass is 9.68. The van der Waals surface area contributed by atoms with Gasteiger partial charge in [0.05, 0.1) is 5.59 Å². The molecule has 1 aliphatic carbocycles. The minimum atomic E-state index is -0.345. The molecule has 0 spiro atoms. The Morgan fingerprint density at radius 1 is 1.20 bits per heavy atom. The van der Waals surface area contributed by atoms with E-state index in [0.717, 1.165) is 36.8 Å². The van der Waals surface area contributed by atoms with Crippen LogP contribution in [-0.4, -0.2) is 33.5 Å². The van der Waals surface area contributed by atoms with E-state index >= 15 is 0 Å². The number of anilines is 1. The number of allylic oxidation sites excluding steroid dienone is 9. The largest absolute Gasteiger partial charge is 0.494 e. The second kappa shape index (κ2) is 13.5. The Bertz CT molecular complexity index is 1360. The second-order valence-electron chi connectivity index (χ2n) is 11.3. The number of nitrogens with one attached hydrogen (secondary N) is 1. The first-order chi connectivity index (χ1) is 18.9. The number of imidazole rings is 1. The summed E-state index contributed by atoms with van der Waals surface area (Å²) in [6.45, 7) is 11.3. The smallest absolute Gasteiger partial charge is 0.296 e.